The Balaban J connectivity index is 1.13. The maximum atomic E-state index is 13.2. The topological polar surface area (TPSA) is 84.5 Å². The first kappa shape index (κ1) is 25.3. The highest BCUT2D eigenvalue weighted by molar-refractivity contribution is 7.89. The molecule has 0 saturated heterocycles. The normalized spacial score (nSPS) is 26.6. The highest BCUT2D eigenvalue weighted by atomic mass is 32.2. The first-order valence-electron chi connectivity index (χ1n) is 13.5. The molecule has 1 amide bonds. The SMILES string of the molecule is CCCCOc1cccc(C(=O)NCCc2ccc(S(=O)(=O)NC34CC5CC(CC(C5)C3)C4)cc2)c1. The highest BCUT2D eigenvalue weighted by Crippen LogP contribution is 2.55. The van der Waals surface area contributed by atoms with Crippen LogP contribution in [0.1, 0.15) is 74.2 Å². The zero-order valence-electron chi connectivity index (χ0n) is 21.2. The zero-order valence-corrected chi connectivity index (χ0v) is 22.0. The summed E-state index contributed by atoms with van der Waals surface area (Å²) in [5, 5.41) is 2.95. The third-order valence-electron chi connectivity index (χ3n) is 8.18. The Morgan fingerprint density at radius 2 is 1.67 bits per heavy atom. The number of rotatable bonds is 11. The van der Waals surface area contributed by atoms with Gasteiger partial charge in [0, 0.05) is 17.6 Å². The van der Waals surface area contributed by atoms with Crippen molar-refractivity contribution in [2.45, 2.75) is 75.1 Å². The van der Waals surface area contributed by atoms with Crippen molar-refractivity contribution < 1.29 is 17.9 Å². The van der Waals surface area contributed by atoms with Gasteiger partial charge in [0.05, 0.1) is 11.5 Å². The van der Waals surface area contributed by atoms with Gasteiger partial charge in [-0.15, -0.1) is 0 Å². The van der Waals surface area contributed by atoms with Crippen molar-refractivity contribution in [3.05, 3.63) is 59.7 Å². The third-order valence-corrected chi connectivity index (χ3v) is 9.78. The Morgan fingerprint density at radius 3 is 2.31 bits per heavy atom. The van der Waals surface area contributed by atoms with E-state index in [1.807, 2.05) is 24.3 Å². The van der Waals surface area contributed by atoms with Gasteiger partial charge in [0.25, 0.3) is 5.91 Å². The quantitative estimate of drug-likeness (QED) is 0.413. The van der Waals surface area contributed by atoms with Gasteiger partial charge >= 0.3 is 0 Å². The van der Waals surface area contributed by atoms with Crippen molar-refractivity contribution in [1.82, 2.24) is 10.0 Å². The van der Waals surface area contributed by atoms with Crippen molar-refractivity contribution in [2.24, 2.45) is 17.8 Å². The lowest BCUT2D eigenvalue weighted by Crippen LogP contribution is -2.59. The molecule has 36 heavy (non-hydrogen) atoms. The Kier molecular flexibility index (Phi) is 7.40. The maximum Gasteiger partial charge on any atom is 0.251 e. The van der Waals surface area contributed by atoms with Gasteiger partial charge in [-0.25, -0.2) is 13.1 Å². The minimum atomic E-state index is -3.55. The summed E-state index contributed by atoms with van der Waals surface area (Å²) < 4.78 is 35.3. The van der Waals surface area contributed by atoms with Crippen molar-refractivity contribution in [3.8, 4) is 5.75 Å². The van der Waals surface area contributed by atoms with E-state index in [9.17, 15) is 13.2 Å². The first-order valence-corrected chi connectivity index (χ1v) is 15.0. The molecular weight excluding hydrogens is 472 g/mol. The summed E-state index contributed by atoms with van der Waals surface area (Å²) in [5.74, 6) is 2.62. The van der Waals surface area contributed by atoms with Gasteiger partial charge in [-0.3, -0.25) is 4.79 Å². The van der Waals surface area contributed by atoms with E-state index in [2.05, 4.69) is 17.0 Å². The summed E-state index contributed by atoms with van der Waals surface area (Å²) in [6.07, 6.45) is 9.48. The molecule has 4 fully saturated rings. The monoisotopic (exact) mass is 510 g/mol. The molecule has 4 aliphatic carbocycles. The Hall–Kier alpha value is -2.38. The number of amides is 1. The molecule has 0 heterocycles. The van der Waals surface area contributed by atoms with Crippen LogP contribution < -0.4 is 14.8 Å². The fourth-order valence-electron chi connectivity index (χ4n) is 6.90. The number of hydrogen-bond donors (Lipinski definition) is 2. The molecule has 0 aliphatic heterocycles. The second-order valence-corrected chi connectivity index (χ2v) is 12.9. The van der Waals surface area contributed by atoms with Crippen LogP contribution >= 0.6 is 0 Å². The Labute approximate surface area is 215 Å². The molecule has 0 radical (unpaired) electrons. The number of nitrogens with one attached hydrogen (secondary N) is 2. The number of benzene rings is 2. The van der Waals surface area contributed by atoms with Crippen LogP contribution in [0.2, 0.25) is 0 Å². The standard InChI is InChI=1S/C29H38N2O4S/c1-2-3-13-35-26-6-4-5-25(17-26)28(32)30-12-11-21-7-9-27(10-8-21)36(33,34)31-29-18-22-14-23(19-29)16-24(15-22)20-29/h4-10,17,22-24,31H,2-3,11-16,18-20H2,1H3,(H,30,32). The number of sulfonamides is 1. The van der Waals surface area contributed by atoms with Gasteiger partial charge in [-0.05, 0) is 105 Å². The summed E-state index contributed by atoms with van der Waals surface area (Å²) in [6.45, 7) is 3.22. The van der Waals surface area contributed by atoms with Crippen molar-refractivity contribution >= 4 is 15.9 Å². The maximum absolute atomic E-state index is 13.2. The average molecular weight is 511 g/mol. The lowest BCUT2D eigenvalue weighted by molar-refractivity contribution is -0.00810. The van der Waals surface area contributed by atoms with Crippen LogP contribution in [-0.2, 0) is 16.4 Å². The third kappa shape index (κ3) is 5.78. The minimum Gasteiger partial charge on any atom is -0.494 e. The summed E-state index contributed by atoms with van der Waals surface area (Å²) in [7, 11) is -3.55. The van der Waals surface area contributed by atoms with Crippen LogP contribution in [0.5, 0.6) is 5.75 Å². The average Bonchev–Trinajstić information content (AvgIpc) is 2.83. The molecule has 0 unspecified atom stereocenters. The van der Waals surface area contributed by atoms with Crippen LogP contribution in [-0.4, -0.2) is 33.0 Å². The molecule has 7 heteroatoms. The highest BCUT2D eigenvalue weighted by Gasteiger charge is 2.52. The van der Waals surface area contributed by atoms with Gasteiger partial charge in [-0.2, -0.15) is 0 Å². The second-order valence-electron chi connectivity index (χ2n) is 11.2. The van der Waals surface area contributed by atoms with E-state index in [0.717, 1.165) is 37.7 Å². The molecule has 6 nitrogen and oxygen atoms in total. The smallest absolute Gasteiger partial charge is 0.251 e. The van der Waals surface area contributed by atoms with Gasteiger partial charge < -0.3 is 10.1 Å². The number of ether oxygens (including phenoxy) is 1. The fourth-order valence-corrected chi connectivity index (χ4v) is 8.33. The molecule has 0 aromatic heterocycles. The summed E-state index contributed by atoms with van der Waals surface area (Å²) in [4.78, 5) is 12.9. The molecule has 2 aromatic rings. The van der Waals surface area contributed by atoms with E-state index in [-0.39, 0.29) is 11.4 Å². The number of hydrogen-bond acceptors (Lipinski definition) is 4. The summed E-state index contributed by atoms with van der Waals surface area (Å²) >= 11 is 0. The summed E-state index contributed by atoms with van der Waals surface area (Å²) in [5.41, 5.74) is 1.32. The molecule has 0 atom stereocenters. The van der Waals surface area contributed by atoms with Crippen molar-refractivity contribution in [1.29, 1.82) is 0 Å². The number of unbranched alkanes of at least 4 members (excludes halogenated alkanes) is 1. The predicted octanol–water partition coefficient (Wildman–Crippen LogP) is 5.09. The van der Waals surface area contributed by atoms with E-state index < -0.39 is 10.0 Å². The lowest BCUT2D eigenvalue weighted by Gasteiger charge is -2.56. The van der Waals surface area contributed by atoms with E-state index in [1.54, 1.807) is 24.3 Å². The molecule has 4 bridgehead atoms. The van der Waals surface area contributed by atoms with Crippen molar-refractivity contribution in [3.63, 3.8) is 0 Å². The van der Waals surface area contributed by atoms with Crippen LogP contribution in [0.25, 0.3) is 0 Å². The molecule has 2 aromatic carbocycles. The molecule has 6 rings (SSSR count). The summed E-state index contributed by atoms with van der Waals surface area (Å²) in [6, 6.07) is 14.3. The van der Waals surface area contributed by atoms with Crippen LogP contribution in [0.4, 0.5) is 0 Å². The molecule has 194 valence electrons. The van der Waals surface area contributed by atoms with Crippen molar-refractivity contribution in [2.75, 3.05) is 13.2 Å². The van der Waals surface area contributed by atoms with Gasteiger partial charge in [0.15, 0.2) is 0 Å². The largest absolute Gasteiger partial charge is 0.494 e. The van der Waals surface area contributed by atoms with E-state index in [0.29, 0.717) is 53.5 Å². The molecule has 4 saturated carbocycles. The molecule has 2 N–H and O–H groups in total. The van der Waals surface area contributed by atoms with Crippen LogP contribution in [0, 0.1) is 17.8 Å². The fraction of sp³-hybridized carbons (Fsp3) is 0.552. The minimum absolute atomic E-state index is 0.144. The van der Waals surface area contributed by atoms with Gasteiger partial charge in [0.1, 0.15) is 5.75 Å². The van der Waals surface area contributed by atoms with Gasteiger partial charge in [-0.1, -0.05) is 31.5 Å². The lowest BCUT2D eigenvalue weighted by atomic mass is 9.53. The second kappa shape index (κ2) is 10.5. The van der Waals surface area contributed by atoms with Gasteiger partial charge in [0.2, 0.25) is 10.0 Å². The molecular formula is C29H38N2O4S. The predicted molar refractivity (Wildman–Crippen MR) is 141 cm³/mol. The van der Waals surface area contributed by atoms with E-state index in [4.69, 9.17) is 4.74 Å². The Morgan fingerprint density at radius 1 is 1.00 bits per heavy atom. The van der Waals surface area contributed by atoms with Crippen LogP contribution in [0.15, 0.2) is 53.4 Å². The molecule has 0 spiro atoms. The zero-order chi connectivity index (χ0) is 25.2. The van der Waals surface area contributed by atoms with E-state index in [1.165, 1.54) is 19.3 Å². The number of carbonyl (C=O) groups is 1. The van der Waals surface area contributed by atoms with E-state index >= 15 is 0 Å². The molecule has 4 aliphatic rings. The van der Waals surface area contributed by atoms with Crippen LogP contribution in [0.3, 0.4) is 0 Å². The first-order chi connectivity index (χ1) is 17.3. The Bertz CT molecular complexity index is 1140. The number of carbonyl (C=O) groups excluding carboxylic acids is 1.